The normalized spacial score (nSPS) is 17.3. The predicted octanol–water partition coefficient (Wildman–Crippen LogP) is 5.93. The van der Waals surface area contributed by atoms with Gasteiger partial charge in [0.15, 0.2) is 0 Å². The maximum absolute atomic E-state index is 11.8. The number of carboxylic acids is 1. The Balaban J connectivity index is 1.82. The highest BCUT2D eigenvalue weighted by molar-refractivity contribution is 6.42. The van der Waals surface area contributed by atoms with Crippen molar-refractivity contribution in [1.82, 2.24) is 9.97 Å². The number of halogens is 2. The number of aliphatic carboxylic acids is 1. The van der Waals surface area contributed by atoms with E-state index in [-0.39, 0.29) is 5.92 Å². The highest BCUT2D eigenvalue weighted by Crippen LogP contribution is 2.40. The Kier molecular flexibility index (Phi) is 5.60. The van der Waals surface area contributed by atoms with Gasteiger partial charge in [-0.3, -0.25) is 4.79 Å². The molecule has 7 heteroatoms. The van der Waals surface area contributed by atoms with E-state index in [4.69, 9.17) is 23.2 Å². The van der Waals surface area contributed by atoms with E-state index in [1.165, 1.54) is 0 Å². The first-order valence-electron chi connectivity index (χ1n) is 9.96. The molecule has 1 unspecified atom stereocenters. The molecule has 1 aromatic heterocycles. The molecule has 2 aromatic carbocycles. The topological polar surface area (TPSA) is 66.3 Å². The Morgan fingerprint density at radius 3 is 2.70 bits per heavy atom. The van der Waals surface area contributed by atoms with Crippen LogP contribution < -0.4 is 4.90 Å². The summed E-state index contributed by atoms with van der Waals surface area (Å²) >= 11 is 12.4. The highest BCUT2D eigenvalue weighted by atomic mass is 35.5. The van der Waals surface area contributed by atoms with Crippen LogP contribution >= 0.6 is 23.2 Å². The average Bonchev–Trinajstić information content (AvgIpc) is 2.75. The first-order chi connectivity index (χ1) is 14.3. The smallest absolute Gasteiger partial charge is 0.309 e. The second-order valence-electron chi connectivity index (χ2n) is 8.34. The van der Waals surface area contributed by atoms with E-state index < -0.39 is 11.4 Å². The number of piperidine rings is 1. The van der Waals surface area contributed by atoms with Gasteiger partial charge in [-0.05, 0) is 61.9 Å². The number of rotatable bonds is 4. The van der Waals surface area contributed by atoms with Gasteiger partial charge in [0, 0.05) is 13.1 Å². The summed E-state index contributed by atoms with van der Waals surface area (Å²) in [4.78, 5) is 23.1. The summed E-state index contributed by atoms with van der Waals surface area (Å²) in [7, 11) is 0. The zero-order valence-corrected chi connectivity index (χ0v) is 18.4. The minimum absolute atomic E-state index is 0.0332. The molecule has 0 saturated carbocycles. The fourth-order valence-electron chi connectivity index (χ4n) is 4.17. The van der Waals surface area contributed by atoms with E-state index in [9.17, 15) is 9.90 Å². The van der Waals surface area contributed by atoms with Gasteiger partial charge in [0.2, 0.25) is 0 Å². The fourth-order valence-corrected chi connectivity index (χ4v) is 4.47. The lowest BCUT2D eigenvalue weighted by Crippen LogP contribution is -2.45. The Hall–Kier alpha value is -2.37. The molecule has 4 rings (SSSR count). The van der Waals surface area contributed by atoms with Gasteiger partial charge in [-0.25, -0.2) is 9.97 Å². The molecule has 0 amide bonds. The molecule has 1 aliphatic heterocycles. The van der Waals surface area contributed by atoms with Crippen molar-refractivity contribution in [3.8, 4) is 11.1 Å². The van der Waals surface area contributed by atoms with Crippen LogP contribution in [0.2, 0.25) is 10.0 Å². The Labute approximate surface area is 185 Å². The summed E-state index contributed by atoms with van der Waals surface area (Å²) in [5.74, 6) is 0.0943. The molecule has 2 heterocycles. The first-order valence-corrected chi connectivity index (χ1v) is 10.7. The molecular formula is C23H23Cl2N3O2. The lowest BCUT2D eigenvalue weighted by molar-refractivity contribution is -0.150. The zero-order valence-electron chi connectivity index (χ0n) is 16.9. The van der Waals surface area contributed by atoms with E-state index in [2.05, 4.69) is 14.9 Å². The van der Waals surface area contributed by atoms with Gasteiger partial charge in [0.25, 0.3) is 0 Å². The van der Waals surface area contributed by atoms with Crippen molar-refractivity contribution in [2.45, 2.75) is 26.7 Å². The van der Waals surface area contributed by atoms with Crippen LogP contribution in [0.1, 0.15) is 26.7 Å². The van der Waals surface area contributed by atoms with Crippen LogP contribution in [0.5, 0.6) is 0 Å². The highest BCUT2D eigenvalue weighted by Gasteiger charge is 2.39. The maximum atomic E-state index is 11.8. The van der Waals surface area contributed by atoms with Crippen molar-refractivity contribution >= 4 is 45.9 Å². The van der Waals surface area contributed by atoms with Gasteiger partial charge in [0.1, 0.15) is 12.1 Å². The molecule has 1 saturated heterocycles. The monoisotopic (exact) mass is 443 g/mol. The van der Waals surface area contributed by atoms with Gasteiger partial charge < -0.3 is 10.0 Å². The van der Waals surface area contributed by atoms with Crippen molar-refractivity contribution in [3.63, 3.8) is 0 Å². The van der Waals surface area contributed by atoms with Crippen LogP contribution in [-0.2, 0) is 4.79 Å². The molecule has 1 atom stereocenters. The van der Waals surface area contributed by atoms with Crippen LogP contribution in [-0.4, -0.2) is 34.1 Å². The lowest BCUT2D eigenvalue weighted by Gasteiger charge is -2.40. The van der Waals surface area contributed by atoms with Crippen molar-refractivity contribution in [2.24, 2.45) is 11.3 Å². The third-order valence-corrected chi connectivity index (χ3v) is 6.91. The molecule has 5 nitrogen and oxygen atoms in total. The van der Waals surface area contributed by atoms with Gasteiger partial charge in [-0.1, -0.05) is 41.4 Å². The average molecular weight is 444 g/mol. The number of hydrogen-bond acceptors (Lipinski definition) is 4. The second kappa shape index (κ2) is 8.05. The number of carbonyl (C=O) groups is 1. The molecule has 30 heavy (non-hydrogen) atoms. The van der Waals surface area contributed by atoms with Gasteiger partial charge in [0.05, 0.1) is 26.4 Å². The van der Waals surface area contributed by atoms with Gasteiger partial charge >= 0.3 is 5.97 Å². The fraction of sp³-hybridized carbons (Fsp3) is 0.348. The predicted molar refractivity (Wildman–Crippen MR) is 121 cm³/mol. The number of anilines is 1. The molecule has 0 bridgehead atoms. The quantitative estimate of drug-likeness (QED) is 0.540. The minimum Gasteiger partial charge on any atom is -0.481 e. The Morgan fingerprint density at radius 1 is 1.17 bits per heavy atom. The lowest BCUT2D eigenvalue weighted by atomic mass is 9.74. The molecule has 1 fully saturated rings. The summed E-state index contributed by atoms with van der Waals surface area (Å²) in [6.07, 6.45) is 3.38. The third kappa shape index (κ3) is 3.72. The summed E-state index contributed by atoms with van der Waals surface area (Å²) < 4.78 is 0. The molecule has 156 valence electrons. The van der Waals surface area contributed by atoms with Gasteiger partial charge in [-0.15, -0.1) is 0 Å². The van der Waals surface area contributed by atoms with Crippen molar-refractivity contribution in [2.75, 3.05) is 18.0 Å². The molecule has 3 aromatic rings. The van der Waals surface area contributed by atoms with Gasteiger partial charge in [-0.2, -0.15) is 0 Å². The number of fused-ring (bicyclic) bond motifs is 1. The third-order valence-electron chi connectivity index (χ3n) is 6.17. The second-order valence-corrected chi connectivity index (χ2v) is 9.15. The standard InChI is InChI=1S/C23H23Cl2N3O2/c1-23(2,22(29)30)15-5-4-10-28(12-15)21-20-16(6-3-7-19(20)26-13-27-21)14-8-9-17(24)18(25)11-14/h3,6-9,11,13,15H,4-5,10,12H2,1-2H3,(H,29,30). The number of carboxylic acid groups (broad SMARTS) is 1. The number of aromatic nitrogens is 2. The van der Waals surface area contributed by atoms with Crippen LogP contribution in [0, 0.1) is 11.3 Å². The number of hydrogen-bond donors (Lipinski definition) is 1. The van der Waals surface area contributed by atoms with Crippen molar-refractivity contribution in [1.29, 1.82) is 0 Å². The van der Waals surface area contributed by atoms with Crippen molar-refractivity contribution < 1.29 is 9.90 Å². The van der Waals surface area contributed by atoms with Crippen LogP contribution in [0.4, 0.5) is 5.82 Å². The Morgan fingerprint density at radius 2 is 1.97 bits per heavy atom. The van der Waals surface area contributed by atoms with Crippen molar-refractivity contribution in [3.05, 3.63) is 52.8 Å². The molecule has 0 radical (unpaired) electrons. The van der Waals surface area contributed by atoms with Crippen LogP contribution in [0.15, 0.2) is 42.7 Å². The minimum atomic E-state index is -0.798. The van der Waals surface area contributed by atoms with Crippen LogP contribution in [0.25, 0.3) is 22.0 Å². The Bertz CT molecular complexity index is 1110. The number of benzene rings is 2. The molecule has 1 N–H and O–H groups in total. The largest absolute Gasteiger partial charge is 0.481 e. The van der Waals surface area contributed by atoms with E-state index in [1.54, 1.807) is 12.4 Å². The maximum Gasteiger partial charge on any atom is 0.309 e. The summed E-state index contributed by atoms with van der Waals surface area (Å²) in [6, 6.07) is 11.5. The molecule has 1 aliphatic rings. The van der Waals surface area contributed by atoms with E-state index in [1.807, 2.05) is 44.2 Å². The number of nitrogens with zero attached hydrogens (tertiary/aromatic N) is 3. The molecular weight excluding hydrogens is 421 g/mol. The molecule has 0 aliphatic carbocycles. The van der Waals surface area contributed by atoms with Crippen LogP contribution in [0.3, 0.4) is 0 Å². The summed E-state index contributed by atoms with van der Waals surface area (Å²) in [5.41, 5.74) is 1.95. The molecule has 0 spiro atoms. The SMILES string of the molecule is CC(C)(C(=O)O)C1CCCN(c2ncnc3cccc(-c4ccc(Cl)c(Cl)c4)c23)C1. The summed E-state index contributed by atoms with van der Waals surface area (Å²) in [6.45, 7) is 5.08. The van der Waals surface area contributed by atoms with E-state index >= 15 is 0 Å². The van der Waals surface area contributed by atoms with E-state index in [0.717, 1.165) is 47.2 Å². The zero-order chi connectivity index (χ0) is 21.5. The summed E-state index contributed by atoms with van der Waals surface area (Å²) in [5, 5.41) is 11.6. The van der Waals surface area contributed by atoms with E-state index in [0.29, 0.717) is 16.6 Å². The first kappa shape index (κ1) is 20.9.